The Morgan fingerprint density at radius 2 is 1.87 bits per heavy atom. The van der Waals surface area contributed by atoms with Crippen molar-refractivity contribution >= 4 is 0 Å². The lowest BCUT2D eigenvalue weighted by atomic mass is 9.84. The van der Waals surface area contributed by atoms with E-state index in [0.29, 0.717) is 5.92 Å². The van der Waals surface area contributed by atoms with E-state index < -0.39 is 0 Å². The van der Waals surface area contributed by atoms with Gasteiger partial charge in [0.05, 0.1) is 0 Å². The van der Waals surface area contributed by atoms with Crippen molar-refractivity contribution in [2.24, 2.45) is 11.8 Å². The fraction of sp³-hybridized carbons (Fsp3) is 0.478. The van der Waals surface area contributed by atoms with Crippen LogP contribution in [0.5, 0.6) is 0 Å². The van der Waals surface area contributed by atoms with Gasteiger partial charge in [-0.3, -0.25) is 0 Å². The first kappa shape index (κ1) is 17.8. The number of rotatable bonds is 7. The molecule has 1 saturated carbocycles. The minimum Gasteiger partial charge on any atom is -0.0996 e. The van der Waals surface area contributed by atoms with Crippen molar-refractivity contribution in [2.45, 2.75) is 59.3 Å². The third-order valence-corrected chi connectivity index (χ3v) is 5.01. The van der Waals surface area contributed by atoms with Gasteiger partial charge in [-0.15, -0.1) is 0 Å². The lowest BCUT2D eigenvalue weighted by Gasteiger charge is -2.20. The molecule has 0 radical (unpaired) electrons. The topological polar surface area (TPSA) is 0 Å². The summed E-state index contributed by atoms with van der Waals surface area (Å²) >= 11 is 0. The average molecular weight is 309 g/mol. The Bertz CT molecular complexity index is 568. The van der Waals surface area contributed by atoms with Gasteiger partial charge in [-0.25, -0.2) is 0 Å². The Morgan fingerprint density at radius 1 is 1.17 bits per heavy atom. The molecule has 1 aromatic carbocycles. The van der Waals surface area contributed by atoms with Crippen LogP contribution in [0.25, 0.3) is 0 Å². The second kappa shape index (κ2) is 8.34. The van der Waals surface area contributed by atoms with Gasteiger partial charge in [0.1, 0.15) is 0 Å². The number of benzene rings is 1. The molecule has 0 bridgehead atoms. The number of hydrogen-bond acceptors (Lipinski definition) is 0. The summed E-state index contributed by atoms with van der Waals surface area (Å²) in [6.07, 6.45) is 11.6. The van der Waals surface area contributed by atoms with Crippen molar-refractivity contribution in [2.75, 3.05) is 0 Å². The summed E-state index contributed by atoms with van der Waals surface area (Å²) in [4.78, 5) is 0. The maximum absolute atomic E-state index is 4.38. The van der Waals surface area contributed by atoms with Crippen LogP contribution < -0.4 is 0 Å². The van der Waals surface area contributed by atoms with E-state index >= 15 is 0 Å². The number of hydrogen-bond donors (Lipinski definition) is 0. The Kier molecular flexibility index (Phi) is 6.45. The van der Waals surface area contributed by atoms with Crippen molar-refractivity contribution < 1.29 is 0 Å². The molecule has 0 heterocycles. The van der Waals surface area contributed by atoms with Gasteiger partial charge in [-0.1, -0.05) is 72.7 Å². The zero-order valence-corrected chi connectivity index (χ0v) is 15.2. The summed E-state index contributed by atoms with van der Waals surface area (Å²) in [5.41, 5.74) is 6.94. The maximum Gasteiger partial charge on any atom is -0.00695 e. The second-order valence-electron chi connectivity index (χ2n) is 7.31. The highest BCUT2D eigenvalue weighted by Gasteiger charge is 2.29. The standard InChI is InChI=1S/C23H32/c1-6-7-8-9-23-20(5)10-11-22(23)16-19(4)15-21-13-17(2)12-18(3)14-21/h7-8,12-14,22-23H,4-6,9-11,15-16H2,1-3H3/b8-7-/t22-,23+/m1/s1. The molecule has 1 aromatic rings. The fourth-order valence-electron chi connectivity index (χ4n) is 4.01. The molecule has 0 N–H and O–H groups in total. The molecule has 2 rings (SSSR count). The molecular weight excluding hydrogens is 276 g/mol. The third-order valence-electron chi connectivity index (χ3n) is 5.01. The van der Waals surface area contributed by atoms with E-state index in [9.17, 15) is 0 Å². The molecule has 0 spiro atoms. The lowest BCUT2D eigenvalue weighted by Crippen LogP contribution is -2.10. The van der Waals surface area contributed by atoms with Crippen molar-refractivity contribution in [1.82, 2.24) is 0 Å². The summed E-state index contributed by atoms with van der Waals surface area (Å²) in [7, 11) is 0. The van der Waals surface area contributed by atoms with Crippen LogP contribution in [0, 0.1) is 25.7 Å². The molecule has 1 aliphatic carbocycles. The molecule has 0 heteroatoms. The molecule has 1 aliphatic rings. The first-order valence-corrected chi connectivity index (χ1v) is 9.06. The van der Waals surface area contributed by atoms with Crippen LogP contribution >= 0.6 is 0 Å². The minimum atomic E-state index is 0.661. The molecule has 0 amide bonds. The van der Waals surface area contributed by atoms with Crippen molar-refractivity contribution in [3.63, 3.8) is 0 Å². The zero-order valence-electron chi connectivity index (χ0n) is 15.2. The van der Waals surface area contributed by atoms with Crippen LogP contribution in [0.4, 0.5) is 0 Å². The molecule has 0 saturated heterocycles. The summed E-state index contributed by atoms with van der Waals surface area (Å²) < 4.78 is 0. The van der Waals surface area contributed by atoms with Gasteiger partial charge in [-0.2, -0.15) is 0 Å². The third kappa shape index (κ3) is 5.23. The first-order chi connectivity index (χ1) is 11.0. The molecule has 0 aliphatic heterocycles. The molecule has 2 atom stereocenters. The van der Waals surface area contributed by atoms with Crippen LogP contribution in [0.15, 0.2) is 54.7 Å². The second-order valence-corrected chi connectivity index (χ2v) is 7.31. The van der Waals surface area contributed by atoms with E-state index in [1.807, 2.05) is 0 Å². The normalized spacial score (nSPS) is 21.3. The smallest absolute Gasteiger partial charge is 0.00695 e. The molecule has 1 fully saturated rings. The van der Waals surface area contributed by atoms with Gasteiger partial charge in [-0.05, 0) is 69.8 Å². The molecular formula is C23H32. The highest BCUT2D eigenvalue weighted by molar-refractivity contribution is 5.31. The first-order valence-electron chi connectivity index (χ1n) is 9.06. The highest BCUT2D eigenvalue weighted by atomic mass is 14.3. The molecule has 23 heavy (non-hydrogen) atoms. The Labute approximate surface area is 143 Å². The van der Waals surface area contributed by atoms with Gasteiger partial charge >= 0.3 is 0 Å². The van der Waals surface area contributed by atoms with E-state index in [1.54, 1.807) is 0 Å². The van der Waals surface area contributed by atoms with Crippen molar-refractivity contribution in [3.05, 3.63) is 71.3 Å². The fourth-order valence-corrected chi connectivity index (χ4v) is 4.01. The number of aryl methyl sites for hydroxylation is 2. The van der Waals surface area contributed by atoms with E-state index in [-0.39, 0.29) is 0 Å². The van der Waals surface area contributed by atoms with Gasteiger partial charge in [0, 0.05) is 0 Å². The maximum atomic E-state index is 4.38. The number of allylic oxidation sites excluding steroid dienone is 4. The van der Waals surface area contributed by atoms with Crippen LogP contribution in [-0.2, 0) is 6.42 Å². The van der Waals surface area contributed by atoms with Crippen molar-refractivity contribution in [1.29, 1.82) is 0 Å². The van der Waals surface area contributed by atoms with Crippen LogP contribution in [-0.4, -0.2) is 0 Å². The Hall–Kier alpha value is -1.56. The van der Waals surface area contributed by atoms with E-state index in [0.717, 1.165) is 31.6 Å². The summed E-state index contributed by atoms with van der Waals surface area (Å²) in [6, 6.07) is 6.84. The van der Waals surface area contributed by atoms with E-state index in [4.69, 9.17) is 0 Å². The van der Waals surface area contributed by atoms with E-state index in [1.165, 1.54) is 40.7 Å². The summed E-state index contributed by atoms with van der Waals surface area (Å²) in [5.74, 6) is 1.40. The van der Waals surface area contributed by atoms with Crippen LogP contribution in [0.3, 0.4) is 0 Å². The lowest BCUT2D eigenvalue weighted by molar-refractivity contribution is 0.418. The monoisotopic (exact) mass is 308 g/mol. The van der Waals surface area contributed by atoms with Gasteiger partial charge in [0.2, 0.25) is 0 Å². The highest BCUT2D eigenvalue weighted by Crippen LogP contribution is 2.41. The van der Waals surface area contributed by atoms with Gasteiger partial charge in [0.15, 0.2) is 0 Å². The van der Waals surface area contributed by atoms with Crippen LogP contribution in [0.1, 0.15) is 55.7 Å². The SMILES string of the molecule is C=C(Cc1cc(C)cc(C)c1)C[C@H]1CCC(=C)[C@@H]1C/C=C\CC. The van der Waals surface area contributed by atoms with Gasteiger partial charge in [0.25, 0.3) is 0 Å². The Balaban J connectivity index is 1.95. The molecule has 0 unspecified atom stereocenters. The Morgan fingerprint density at radius 3 is 2.52 bits per heavy atom. The summed E-state index contributed by atoms with van der Waals surface area (Å²) in [6.45, 7) is 15.2. The van der Waals surface area contributed by atoms with E-state index in [2.05, 4.69) is 64.3 Å². The minimum absolute atomic E-state index is 0.661. The van der Waals surface area contributed by atoms with Crippen molar-refractivity contribution in [3.8, 4) is 0 Å². The largest absolute Gasteiger partial charge is 0.0996 e. The molecule has 0 nitrogen and oxygen atoms in total. The predicted molar refractivity (Wildman–Crippen MR) is 103 cm³/mol. The predicted octanol–water partition coefficient (Wildman–Crippen LogP) is 6.73. The average Bonchev–Trinajstić information content (AvgIpc) is 2.79. The summed E-state index contributed by atoms with van der Waals surface area (Å²) in [5, 5.41) is 0. The van der Waals surface area contributed by atoms with Gasteiger partial charge < -0.3 is 0 Å². The quantitative estimate of drug-likeness (QED) is 0.490. The van der Waals surface area contributed by atoms with Crippen LogP contribution in [0.2, 0.25) is 0 Å². The zero-order chi connectivity index (χ0) is 16.8. The molecule has 124 valence electrons. The molecule has 0 aromatic heterocycles.